The van der Waals surface area contributed by atoms with Crippen LogP contribution >= 0.6 is 11.3 Å². The van der Waals surface area contributed by atoms with Gasteiger partial charge in [-0.05, 0) is 25.3 Å². The topological polar surface area (TPSA) is 54.9 Å². The van der Waals surface area contributed by atoms with Gasteiger partial charge in [0.25, 0.3) is 0 Å². The average Bonchev–Trinajstić information content (AvgIpc) is 3.08. The molecule has 1 aliphatic carbocycles. The number of thiazole rings is 1. The van der Waals surface area contributed by atoms with E-state index in [4.69, 9.17) is 0 Å². The normalized spacial score (nSPS) is 18.7. The monoisotopic (exact) mass is 307 g/mol. The quantitative estimate of drug-likeness (QED) is 0.814. The molecule has 1 saturated carbocycles. The first-order valence-electron chi connectivity index (χ1n) is 7.24. The van der Waals surface area contributed by atoms with Gasteiger partial charge in [-0.25, -0.2) is 4.98 Å². The molecule has 1 amide bonds. The van der Waals surface area contributed by atoms with E-state index in [2.05, 4.69) is 28.8 Å². The standard InChI is InChI=1S/C11H11N3OS.C3H6.C2H6.H2/c1-6-4-7(6)10(15)14-11-13-8-2-3-12-5-9(8)16-11;1-3-2;1-2;/h2-3,5-7H,4H2,1H3,(H,13,14,15);3H,1H2,2H3;1-2H3;1H. The number of hydrogen-bond acceptors (Lipinski definition) is 4. The van der Waals surface area contributed by atoms with Gasteiger partial charge >= 0.3 is 0 Å². The molecule has 21 heavy (non-hydrogen) atoms. The number of nitrogens with zero attached hydrogens (tertiary/aromatic N) is 2. The summed E-state index contributed by atoms with van der Waals surface area (Å²) in [6.45, 7) is 11.3. The number of hydrogen-bond donors (Lipinski definition) is 1. The molecule has 0 aromatic carbocycles. The Kier molecular flexibility index (Phi) is 7.02. The SMILES string of the molecule is C=CC.CC.CC1CC1C(=O)Nc1nc2ccncc2s1.[HH]. The second-order valence-electron chi connectivity index (χ2n) is 4.58. The van der Waals surface area contributed by atoms with E-state index in [0.29, 0.717) is 11.0 Å². The molecule has 2 heterocycles. The van der Waals surface area contributed by atoms with Crippen molar-refractivity contribution in [1.29, 1.82) is 0 Å². The number of carbonyl (C=O) groups excluding carboxylic acids is 1. The summed E-state index contributed by atoms with van der Waals surface area (Å²) in [5, 5.41) is 3.54. The maximum atomic E-state index is 11.7. The lowest BCUT2D eigenvalue weighted by atomic mass is 10.3. The second kappa shape index (κ2) is 8.52. The smallest absolute Gasteiger partial charge is 0.229 e. The molecule has 2 aromatic rings. The Morgan fingerprint density at radius 2 is 2.19 bits per heavy atom. The van der Waals surface area contributed by atoms with Crippen molar-refractivity contribution in [3.05, 3.63) is 31.1 Å². The van der Waals surface area contributed by atoms with Crippen molar-refractivity contribution in [2.45, 2.75) is 34.1 Å². The first-order chi connectivity index (χ1) is 10.2. The van der Waals surface area contributed by atoms with Gasteiger partial charge in [0.05, 0.1) is 10.2 Å². The molecule has 5 heteroatoms. The summed E-state index contributed by atoms with van der Waals surface area (Å²) in [7, 11) is 0. The van der Waals surface area contributed by atoms with Crippen LogP contribution in [0.3, 0.4) is 0 Å². The number of anilines is 1. The number of allylic oxidation sites excluding steroid dienone is 1. The number of amides is 1. The van der Waals surface area contributed by atoms with E-state index in [-0.39, 0.29) is 13.3 Å². The van der Waals surface area contributed by atoms with E-state index >= 15 is 0 Å². The largest absolute Gasteiger partial charge is 0.302 e. The molecule has 0 saturated heterocycles. The van der Waals surface area contributed by atoms with Crippen LogP contribution < -0.4 is 5.32 Å². The molecule has 0 spiro atoms. The van der Waals surface area contributed by atoms with Crippen molar-refractivity contribution in [3.8, 4) is 0 Å². The molecule has 116 valence electrons. The average molecular weight is 307 g/mol. The van der Waals surface area contributed by atoms with Gasteiger partial charge in [-0.2, -0.15) is 0 Å². The van der Waals surface area contributed by atoms with Crippen molar-refractivity contribution >= 4 is 32.6 Å². The summed E-state index contributed by atoms with van der Waals surface area (Å²) in [4.78, 5) is 20.1. The van der Waals surface area contributed by atoms with Gasteiger partial charge in [0.1, 0.15) is 0 Å². The second-order valence-corrected chi connectivity index (χ2v) is 5.61. The fourth-order valence-electron chi connectivity index (χ4n) is 1.72. The highest BCUT2D eigenvalue weighted by molar-refractivity contribution is 7.22. The van der Waals surface area contributed by atoms with E-state index in [9.17, 15) is 4.79 Å². The minimum absolute atomic E-state index is 0. The van der Waals surface area contributed by atoms with Gasteiger partial charge in [0, 0.05) is 19.7 Å². The molecule has 1 N–H and O–H groups in total. The van der Waals surface area contributed by atoms with Gasteiger partial charge in [0.15, 0.2) is 5.13 Å². The lowest BCUT2D eigenvalue weighted by Crippen LogP contribution is -2.14. The van der Waals surface area contributed by atoms with Crippen LogP contribution in [0, 0.1) is 11.8 Å². The Labute approximate surface area is 131 Å². The fourth-order valence-corrected chi connectivity index (χ4v) is 2.55. The Balaban J connectivity index is 0.000000663. The Hall–Kier alpha value is -1.75. The number of fused-ring (bicyclic) bond motifs is 1. The van der Waals surface area contributed by atoms with Crippen LogP contribution in [-0.4, -0.2) is 15.9 Å². The van der Waals surface area contributed by atoms with Crippen molar-refractivity contribution < 1.29 is 6.22 Å². The van der Waals surface area contributed by atoms with Gasteiger partial charge in [0.2, 0.25) is 5.91 Å². The summed E-state index contributed by atoms with van der Waals surface area (Å²) in [5.41, 5.74) is 0.888. The van der Waals surface area contributed by atoms with E-state index in [1.54, 1.807) is 18.5 Å². The van der Waals surface area contributed by atoms with E-state index in [1.807, 2.05) is 26.8 Å². The van der Waals surface area contributed by atoms with Crippen molar-refractivity contribution in [3.63, 3.8) is 0 Å². The van der Waals surface area contributed by atoms with Gasteiger partial charge in [-0.1, -0.05) is 38.2 Å². The molecule has 0 radical (unpaired) electrons. The summed E-state index contributed by atoms with van der Waals surface area (Å²) in [6.07, 6.45) is 6.22. The summed E-state index contributed by atoms with van der Waals surface area (Å²) < 4.78 is 1.00. The van der Waals surface area contributed by atoms with Crippen LogP contribution in [0.25, 0.3) is 10.2 Å². The molecule has 4 nitrogen and oxygen atoms in total. The van der Waals surface area contributed by atoms with Gasteiger partial charge in [-0.3, -0.25) is 9.78 Å². The maximum Gasteiger partial charge on any atom is 0.229 e. The van der Waals surface area contributed by atoms with Crippen molar-refractivity contribution in [2.75, 3.05) is 5.32 Å². The third kappa shape index (κ3) is 4.93. The van der Waals surface area contributed by atoms with Crippen molar-refractivity contribution in [1.82, 2.24) is 9.97 Å². The highest BCUT2D eigenvalue weighted by Gasteiger charge is 2.39. The summed E-state index contributed by atoms with van der Waals surface area (Å²) in [5.74, 6) is 0.806. The molecule has 0 bridgehead atoms. The highest BCUT2D eigenvalue weighted by Crippen LogP contribution is 2.38. The molecule has 2 atom stereocenters. The first-order valence-corrected chi connectivity index (χ1v) is 8.05. The molecule has 1 fully saturated rings. The van der Waals surface area contributed by atoms with Crippen molar-refractivity contribution in [2.24, 2.45) is 11.8 Å². The zero-order valence-electron chi connectivity index (χ0n) is 13.1. The van der Waals surface area contributed by atoms with E-state index in [0.717, 1.165) is 16.6 Å². The molecule has 2 aromatic heterocycles. The highest BCUT2D eigenvalue weighted by atomic mass is 32.1. The number of nitrogens with one attached hydrogen (secondary N) is 1. The number of rotatable bonds is 2. The zero-order valence-corrected chi connectivity index (χ0v) is 13.9. The minimum atomic E-state index is 0. The summed E-state index contributed by atoms with van der Waals surface area (Å²) in [6, 6.07) is 1.85. The number of carbonyl (C=O) groups is 1. The number of aromatic nitrogens is 2. The molecular weight excluding hydrogens is 282 g/mol. The van der Waals surface area contributed by atoms with Crippen LogP contribution in [-0.2, 0) is 4.79 Å². The molecular formula is C16H25N3OS. The van der Waals surface area contributed by atoms with Crippen LogP contribution in [0.15, 0.2) is 31.1 Å². The molecule has 3 rings (SSSR count). The third-order valence-electron chi connectivity index (χ3n) is 2.87. The Morgan fingerprint density at radius 3 is 2.71 bits per heavy atom. The Morgan fingerprint density at radius 1 is 1.57 bits per heavy atom. The van der Waals surface area contributed by atoms with Crippen LogP contribution in [0.5, 0.6) is 0 Å². The number of pyridine rings is 1. The van der Waals surface area contributed by atoms with Crippen LogP contribution in [0.1, 0.15) is 35.5 Å². The molecule has 2 unspecified atom stereocenters. The predicted octanol–water partition coefficient (Wildman–Crippen LogP) is 4.75. The van der Waals surface area contributed by atoms with Crippen LogP contribution in [0.2, 0.25) is 0 Å². The predicted molar refractivity (Wildman–Crippen MR) is 92.6 cm³/mol. The van der Waals surface area contributed by atoms with E-state index in [1.165, 1.54) is 11.3 Å². The lowest BCUT2D eigenvalue weighted by molar-refractivity contribution is -0.117. The lowest BCUT2D eigenvalue weighted by Gasteiger charge is -1.97. The molecule has 0 aliphatic heterocycles. The van der Waals surface area contributed by atoms with E-state index < -0.39 is 0 Å². The minimum Gasteiger partial charge on any atom is -0.302 e. The first kappa shape index (κ1) is 17.3. The fraction of sp³-hybridized carbons (Fsp3) is 0.438. The molecule has 1 aliphatic rings. The van der Waals surface area contributed by atoms with Gasteiger partial charge in [-0.15, -0.1) is 6.58 Å². The maximum absolute atomic E-state index is 11.7. The van der Waals surface area contributed by atoms with Crippen LogP contribution in [0.4, 0.5) is 5.13 Å². The third-order valence-corrected chi connectivity index (χ3v) is 3.79. The zero-order chi connectivity index (χ0) is 15.8. The summed E-state index contributed by atoms with van der Waals surface area (Å²) >= 11 is 1.47. The Bertz CT molecular complexity index is 567. The van der Waals surface area contributed by atoms with Gasteiger partial charge < -0.3 is 5.32 Å².